The average Bonchev–Trinajstić information content (AvgIpc) is 3.12. The number of carbonyl (C=O) groups excluding carboxylic acids is 2. The molecule has 0 unspecified atom stereocenters. The van der Waals surface area contributed by atoms with Crippen molar-refractivity contribution in [1.29, 1.82) is 0 Å². The maximum absolute atomic E-state index is 12.0. The highest BCUT2D eigenvalue weighted by atomic mass is 35.5. The smallest absolute Gasteiger partial charge is 0.251 e. The predicted molar refractivity (Wildman–Crippen MR) is 113 cm³/mol. The molecule has 2 N–H and O–H groups in total. The Morgan fingerprint density at radius 2 is 1.79 bits per heavy atom. The Morgan fingerprint density at radius 3 is 2.57 bits per heavy atom. The van der Waals surface area contributed by atoms with E-state index >= 15 is 0 Å². The highest BCUT2D eigenvalue weighted by Gasteiger charge is 2.14. The van der Waals surface area contributed by atoms with Crippen LogP contribution < -0.4 is 10.6 Å². The van der Waals surface area contributed by atoms with Crippen molar-refractivity contribution in [3.63, 3.8) is 0 Å². The molecule has 2 amide bonds. The Bertz CT molecular complexity index is 781. The summed E-state index contributed by atoms with van der Waals surface area (Å²) in [6.45, 7) is 1.14. The van der Waals surface area contributed by atoms with E-state index in [2.05, 4.69) is 10.6 Å². The van der Waals surface area contributed by atoms with Crippen LogP contribution >= 0.6 is 22.9 Å². The number of fused-ring (bicyclic) bond motifs is 1. The lowest BCUT2D eigenvalue weighted by Gasteiger charge is -2.06. The fourth-order valence-electron chi connectivity index (χ4n) is 3.22. The lowest BCUT2D eigenvalue weighted by Crippen LogP contribution is -2.28. The first kappa shape index (κ1) is 20.8. The molecule has 1 heterocycles. The van der Waals surface area contributed by atoms with Crippen LogP contribution in [-0.4, -0.2) is 29.9 Å². The van der Waals surface area contributed by atoms with E-state index in [9.17, 15) is 9.59 Å². The quantitative estimate of drug-likeness (QED) is 0.605. The van der Waals surface area contributed by atoms with Crippen molar-refractivity contribution in [3.05, 3.63) is 50.4 Å². The molecular formula is C21H26ClN3O2S. The standard InChI is InChI=1S/C21H26ClN3O2S/c22-16-11-9-15(10-12-16)21(27)24-14-3-7-19(26)23-13-4-8-20-25-17-5-1-2-6-18(17)28-20/h9-12H,1-8,13-14H2,(H,23,26)(H,24,27). The van der Waals surface area contributed by atoms with Gasteiger partial charge in [0.25, 0.3) is 5.91 Å². The molecule has 0 atom stereocenters. The summed E-state index contributed by atoms with van der Waals surface area (Å²) in [5.41, 5.74) is 1.87. The molecule has 0 bridgehead atoms. The third-order valence-electron chi connectivity index (χ3n) is 4.75. The summed E-state index contributed by atoms with van der Waals surface area (Å²) in [7, 11) is 0. The van der Waals surface area contributed by atoms with Crippen molar-refractivity contribution in [2.45, 2.75) is 51.4 Å². The lowest BCUT2D eigenvalue weighted by molar-refractivity contribution is -0.121. The molecule has 0 saturated heterocycles. The minimum atomic E-state index is -0.150. The van der Waals surface area contributed by atoms with Crippen LogP contribution in [0.4, 0.5) is 0 Å². The molecule has 28 heavy (non-hydrogen) atoms. The summed E-state index contributed by atoms with van der Waals surface area (Å²) in [5.74, 6) is -0.123. The van der Waals surface area contributed by atoms with Gasteiger partial charge in [-0.25, -0.2) is 4.98 Å². The SMILES string of the molecule is O=C(CCCNC(=O)c1ccc(Cl)cc1)NCCCc1nc2c(s1)CCCC2. The molecule has 0 aliphatic heterocycles. The van der Waals surface area contributed by atoms with Crippen molar-refractivity contribution >= 4 is 34.8 Å². The number of benzene rings is 1. The van der Waals surface area contributed by atoms with Gasteiger partial charge in [0.05, 0.1) is 10.7 Å². The number of amides is 2. The first-order chi connectivity index (χ1) is 13.6. The summed E-state index contributed by atoms with van der Waals surface area (Å²) < 4.78 is 0. The third kappa shape index (κ3) is 6.31. The molecule has 3 rings (SSSR count). The van der Waals surface area contributed by atoms with E-state index in [-0.39, 0.29) is 11.8 Å². The van der Waals surface area contributed by atoms with Crippen LogP contribution in [0.5, 0.6) is 0 Å². The second-order valence-electron chi connectivity index (χ2n) is 7.00. The Kier molecular flexibility index (Phi) is 7.86. The molecule has 2 aromatic rings. The first-order valence-electron chi connectivity index (χ1n) is 9.90. The molecular weight excluding hydrogens is 394 g/mol. The molecule has 1 aliphatic rings. The van der Waals surface area contributed by atoms with Gasteiger partial charge in [0.1, 0.15) is 0 Å². The van der Waals surface area contributed by atoms with Gasteiger partial charge in [0, 0.05) is 41.4 Å². The summed E-state index contributed by atoms with van der Waals surface area (Å²) in [5, 5.41) is 7.57. The summed E-state index contributed by atoms with van der Waals surface area (Å²) in [6.07, 6.45) is 7.70. The van der Waals surface area contributed by atoms with Gasteiger partial charge in [0.15, 0.2) is 0 Å². The lowest BCUT2D eigenvalue weighted by atomic mass is 10.0. The Balaban J connectivity index is 1.25. The summed E-state index contributed by atoms with van der Waals surface area (Å²) in [4.78, 5) is 30.1. The number of nitrogens with zero attached hydrogens (tertiary/aromatic N) is 1. The highest BCUT2D eigenvalue weighted by Crippen LogP contribution is 2.27. The number of aryl methyl sites for hydroxylation is 3. The first-order valence-corrected chi connectivity index (χ1v) is 11.1. The Labute approximate surface area is 174 Å². The normalized spacial score (nSPS) is 13.0. The Hall–Kier alpha value is -1.92. The molecule has 0 saturated carbocycles. The van der Waals surface area contributed by atoms with Crippen LogP contribution in [0.2, 0.25) is 5.02 Å². The minimum Gasteiger partial charge on any atom is -0.356 e. The number of carbonyl (C=O) groups is 2. The Morgan fingerprint density at radius 1 is 1.04 bits per heavy atom. The molecule has 5 nitrogen and oxygen atoms in total. The molecule has 150 valence electrons. The van der Waals surface area contributed by atoms with Crippen molar-refractivity contribution in [2.24, 2.45) is 0 Å². The number of nitrogens with one attached hydrogen (secondary N) is 2. The van der Waals surface area contributed by atoms with Crippen molar-refractivity contribution in [3.8, 4) is 0 Å². The van der Waals surface area contributed by atoms with Crippen LogP contribution in [-0.2, 0) is 24.1 Å². The number of rotatable bonds is 9. The molecule has 1 aliphatic carbocycles. The zero-order valence-corrected chi connectivity index (χ0v) is 17.5. The minimum absolute atomic E-state index is 0.0270. The zero-order chi connectivity index (χ0) is 19.8. The summed E-state index contributed by atoms with van der Waals surface area (Å²) >= 11 is 7.65. The van der Waals surface area contributed by atoms with Gasteiger partial charge in [-0.1, -0.05) is 11.6 Å². The fourth-order valence-corrected chi connectivity index (χ4v) is 4.55. The van der Waals surface area contributed by atoms with E-state index in [1.165, 1.54) is 34.8 Å². The van der Waals surface area contributed by atoms with E-state index in [0.29, 0.717) is 36.5 Å². The van der Waals surface area contributed by atoms with Gasteiger partial charge < -0.3 is 10.6 Å². The van der Waals surface area contributed by atoms with Gasteiger partial charge in [0.2, 0.25) is 5.91 Å². The van der Waals surface area contributed by atoms with E-state index in [1.54, 1.807) is 24.3 Å². The molecule has 7 heteroatoms. The largest absolute Gasteiger partial charge is 0.356 e. The van der Waals surface area contributed by atoms with Gasteiger partial charge in [-0.05, 0) is 62.8 Å². The van der Waals surface area contributed by atoms with E-state index < -0.39 is 0 Å². The number of hydrogen-bond donors (Lipinski definition) is 2. The van der Waals surface area contributed by atoms with Crippen LogP contribution in [0.25, 0.3) is 0 Å². The average molecular weight is 420 g/mol. The van der Waals surface area contributed by atoms with Crippen LogP contribution in [0.15, 0.2) is 24.3 Å². The molecule has 0 fully saturated rings. The monoisotopic (exact) mass is 419 g/mol. The maximum atomic E-state index is 12.0. The van der Waals surface area contributed by atoms with Crippen molar-refractivity contribution in [1.82, 2.24) is 15.6 Å². The van der Waals surface area contributed by atoms with Crippen molar-refractivity contribution < 1.29 is 9.59 Å². The number of halogens is 1. The van der Waals surface area contributed by atoms with E-state index in [0.717, 1.165) is 19.3 Å². The molecule has 0 radical (unpaired) electrons. The van der Waals surface area contributed by atoms with Gasteiger partial charge in [-0.3, -0.25) is 9.59 Å². The third-order valence-corrected chi connectivity index (χ3v) is 6.22. The maximum Gasteiger partial charge on any atom is 0.251 e. The highest BCUT2D eigenvalue weighted by molar-refractivity contribution is 7.11. The number of aromatic nitrogens is 1. The predicted octanol–water partition coefficient (Wildman–Crippen LogP) is 3.93. The van der Waals surface area contributed by atoms with Crippen molar-refractivity contribution in [2.75, 3.05) is 13.1 Å². The zero-order valence-electron chi connectivity index (χ0n) is 15.9. The number of hydrogen-bond acceptors (Lipinski definition) is 4. The van der Waals surface area contributed by atoms with Gasteiger partial charge in [-0.15, -0.1) is 11.3 Å². The van der Waals surface area contributed by atoms with E-state index in [4.69, 9.17) is 16.6 Å². The second-order valence-corrected chi connectivity index (χ2v) is 8.61. The molecule has 0 spiro atoms. The van der Waals surface area contributed by atoms with E-state index in [1.807, 2.05) is 11.3 Å². The molecule has 1 aromatic carbocycles. The van der Waals surface area contributed by atoms with Crippen LogP contribution in [0.1, 0.15) is 58.0 Å². The second kappa shape index (κ2) is 10.6. The fraction of sp³-hybridized carbons (Fsp3) is 0.476. The van der Waals surface area contributed by atoms with Crippen LogP contribution in [0, 0.1) is 0 Å². The van der Waals surface area contributed by atoms with Gasteiger partial charge >= 0.3 is 0 Å². The van der Waals surface area contributed by atoms with Gasteiger partial charge in [-0.2, -0.15) is 0 Å². The molecule has 1 aromatic heterocycles. The topological polar surface area (TPSA) is 71.1 Å². The summed E-state index contributed by atoms with van der Waals surface area (Å²) in [6, 6.07) is 6.74. The number of thiazole rings is 1. The van der Waals surface area contributed by atoms with Crippen LogP contribution in [0.3, 0.4) is 0 Å².